The third-order valence-corrected chi connectivity index (χ3v) is 10.1. The Balaban J connectivity index is 1.35. The molecule has 214 valence electrons. The molecule has 1 atom stereocenters. The summed E-state index contributed by atoms with van der Waals surface area (Å²) in [7, 11) is -3.10. The maximum atomic E-state index is 13.0. The Kier molecular flexibility index (Phi) is 9.27. The lowest BCUT2D eigenvalue weighted by atomic mass is 9.71. The number of ether oxygens (including phenoxy) is 1. The van der Waals surface area contributed by atoms with E-state index in [9.17, 15) is 13.2 Å². The minimum absolute atomic E-state index is 0.199. The molecule has 1 unspecified atom stereocenters. The van der Waals surface area contributed by atoms with E-state index in [1.165, 1.54) is 6.26 Å². The second-order valence-electron chi connectivity index (χ2n) is 12.1. The smallest absolute Gasteiger partial charge is 0.410 e. The van der Waals surface area contributed by atoms with Crippen molar-refractivity contribution in [1.29, 1.82) is 0 Å². The largest absolute Gasteiger partial charge is 0.444 e. The number of hydrogen-bond donors (Lipinski definition) is 0. The van der Waals surface area contributed by atoms with Crippen LogP contribution in [-0.2, 0) is 20.2 Å². The predicted molar refractivity (Wildman–Crippen MR) is 153 cm³/mol. The van der Waals surface area contributed by atoms with Gasteiger partial charge in [-0.15, -0.1) is 0 Å². The lowest BCUT2D eigenvalue weighted by molar-refractivity contribution is 0.00799. The predicted octanol–water partition coefficient (Wildman–Crippen LogP) is 4.30. The highest BCUT2D eigenvalue weighted by Crippen LogP contribution is 2.41. The molecule has 1 aromatic carbocycles. The number of carbonyl (C=O) groups is 1. The van der Waals surface area contributed by atoms with Crippen LogP contribution in [-0.4, -0.2) is 110 Å². The molecule has 0 spiro atoms. The highest BCUT2D eigenvalue weighted by molar-refractivity contribution is 7.88. The van der Waals surface area contributed by atoms with Gasteiger partial charge in [-0.05, 0) is 70.7 Å². The number of sulfonamides is 1. The second-order valence-corrected chi connectivity index (χ2v) is 14.9. The molecule has 1 aromatic rings. The lowest BCUT2D eigenvalue weighted by Gasteiger charge is -2.48. The molecule has 4 rings (SSSR count). The zero-order valence-corrected chi connectivity index (χ0v) is 25.4. The van der Waals surface area contributed by atoms with Gasteiger partial charge in [0.15, 0.2) is 0 Å². The third kappa shape index (κ3) is 7.34. The highest BCUT2D eigenvalue weighted by Gasteiger charge is 2.41. The summed E-state index contributed by atoms with van der Waals surface area (Å²) in [5.74, 6) is 0. The molecule has 3 heterocycles. The summed E-state index contributed by atoms with van der Waals surface area (Å²) in [5.41, 5.74) is 0.396. The van der Waals surface area contributed by atoms with E-state index in [1.807, 2.05) is 37.8 Å². The van der Waals surface area contributed by atoms with E-state index in [4.69, 9.17) is 27.9 Å². The molecular weight excluding hydrogens is 547 g/mol. The van der Waals surface area contributed by atoms with Crippen molar-refractivity contribution in [3.05, 3.63) is 33.8 Å². The summed E-state index contributed by atoms with van der Waals surface area (Å²) in [6, 6.07) is 6.38. The minimum Gasteiger partial charge on any atom is -0.444 e. The number of amides is 1. The molecular formula is C27H42Cl2N4O4S. The molecule has 0 aliphatic carbocycles. The molecule has 38 heavy (non-hydrogen) atoms. The number of piperazine rings is 1. The van der Waals surface area contributed by atoms with Gasteiger partial charge in [0.25, 0.3) is 0 Å². The normalized spacial score (nSPS) is 24.8. The van der Waals surface area contributed by atoms with Crippen LogP contribution in [0.15, 0.2) is 18.2 Å². The molecule has 0 N–H and O–H groups in total. The molecule has 0 saturated carbocycles. The first-order valence-electron chi connectivity index (χ1n) is 13.6. The van der Waals surface area contributed by atoms with Crippen molar-refractivity contribution in [2.24, 2.45) is 0 Å². The number of hydrogen-bond acceptors (Lipinski definition) is 6. The van der Waals surface area contributed by atoms with Crippen molar-refractivity contribution in [1.82, 2.24) is 19.0 Å². The van der Waals surface area contributed by atoms with Crippen LogP contribution in [0.4, 0.5) is 4.79 Å². The van der Waals surface area contributed by atoms with Crippen molar-refractivity contribution < 1.29 is 17.9 Å². The summed E-state index contributed by atoms with van der Waals surface area (Å²) in [4.78, 5) is 19.7. The number of halogens is 2. The van der Waals surface area contributed by atoms with Crippen LogP contribution in [0.1, 0.15) is 52.0 Å². The number of carbonyl (C=O) groups excluding carboxylic acids is 1. The number of nitrogens with zero attached hydrogens (tertiary/aromatic N) is 4. The first-order chi connectivity index (χ1) is 17.8. The summed E-state index contributed by atoms with van der Waals surface area (Å²) < 4.78 is 30.9. The summed E-state index contributed by atoms with van der Waals surface area (Å²) in [6.07, 6.45) is 4.87. The van der Waals surface area contributed by atoms with Crippen molar-refractivity contribution in [2.45, 2.75) is 63.5 Å². The SMILES string of the molecule is CC(C)(C)OC(=O)N1CCCC(CCCN2CC(N3CCN(S(C)(=O)=O)CC3)C2)(c2ccc(Cl)c(Cl)c2)C1. The van der Waals surface area contributed by atoms with Gasteiger partial charge >= 0.3 is 6.09 Å². The van der Waals surface area contributed by atoms with Gasteiger partial charge in [0.2, 0.25) is 10.0 Å². The Morgan fingerprint density at radius 1 is 1.08 bits per heavy atom. The topological polar surface area (TPSA) is 73.4 Å². The molecule has 11 heteroatoms. The Morgan fingerprint density at radius 2 is 1.76 bits per heavy atom. The zero-order chi connectivity index (χ0) is 27.7. The maximum absolute atomic E-state index is 13.0. The van der Waals surface area contributed by atoms with Crippen molar-refractivity contribution in [3.63, 3.8) is 0 Å². The average Bonchev–Trinajstić information content (AvgIpc) is 2.81. The van der Waals surface area contributed by atoms with Crippen molar-refractivity contribution >= 4 is 39.3 Å². The fourth-order valence-corrected chi connectivity index (χ4v) is 7.15. The number of piperidine rings is 1. The first-order valence-corrected chi connectivity index (χ1v) is 16.2. The molecule has 8 nitrogen and oxygen atoms in total. The Bertz CT molecular complexity index is 1100. The molecule has 0 bridgehead atoms. The lowest BCUT2D eigenvalue weighted by Crippen LogP contribution is -2.63. The Labute approximate surface area is 238 Å². The van der Waals surface area contributed by atoms with E-state index in [1.54, 1.807) is 4.31 Å². The average molecular weight is 590 g/mol. The molecule has 3 aliphatic rings. The standard InChI is InChI=1S/C27H42Cl2N4O4S/c1-26(2,3)37-25(34)32-12-6-10-27(20-32,21-7-8-23(28)24(29)17-21)9-5-11-30-18-22(19-30)31-13-15-33(16-14-31)38(4,35)36/h7-8,17,22H,5-6,9-16,18-20H2,1-4H3. The summed E-state index contributed by atoms with van der Waals surface area (Å²) in [6.45, 7) is 12.8. The zero-order valence-electron chi connectivity index (χ0n) is 23.1. The molecule has 0 aromatic heterocycles. The van der Waals surface area contributed by atoms with Crippen LogP contribution < -0.4 is 0 Å². The van der Waals surface area contributed by atoms with E-state index >= 15 is 0 Å². The van der Waals surface area contributed by atoms with Crippen LogP contribution in [0.2, 0.25) is 10.0 Å². The first kappa shape index (κ1) is 29.9. The number of rotatable bonds is 7. The van der Waals surface area contributed by atoms with Gasteiger partial charge in [-0.2, -0.15) is 4.31 Å². The van der Waals surface area contributed by atoms with E-state index in [2.05, 4.69) is 15.9 Å². The van der Waals surface area contributed by atoms with Crippen molar-refractivity contribution in [2.75, 3.05) is 65.2 Å². The monoisotopic (exact) mass is 588 g/mol. The third-order valence-electron chi connectivity index (χ3n) is 8.09. The highest BCUT2D eigenvalue weighted by atomic mass is 35.5. The number of benzene rings is 1. The van der Waals surface area contributed by atoms with Gasteiger partial charge in [-0.3, -0.25) is 4.90 Å². The van der Waals surface area contributed by atoms with Gasteiger partial charge in [-0.25, -0.2) is 13.2 Å². The molecule has 3 aliphatic heterocycles. The minimum atomic E-state index is -3.10. The fourth-order valence-electron chi connectivity index (χ4n) is 6.02. The fraction of sp³-hybridized carbons (Fsp3) is 0.741. The van der Waals surface area contributed by atoms with Gasteiger partial charge in [0.1, 0.15) is 5.60 Å². The summed E-state index contributed by atoms with van der Waals surface area (Å²) >= 11 is 12.7. The Hall–Kier alpha value is -1.10. The van der Waals surface area contributed by atoms with Gasteiger partial charge < -0.3 is 14.5 Å². The van der Waals surface area contributed by atoms with E-state index in [0.717, 1.165) is 64.0 Å². The molecule has 0 radical (unpaired) electrons. The van der Waals surface area contributed by atoms with Crippen molar-refractivity contribution in [3.8, 4) is 0 Å². The van der Waals surface area contributed by atoms with E-state index in [-0.39, 0.29) is 11.5 Å². The van der Waals surface area contributed by atoms with Crippen LogP contribution in [0.25, 0.3) is 0 Å². The van der Waals surface area contributed by atoms with Gasteiger partial charge in [0, 0.05) is 63.8 Å². The van der Waals surface area contributed by atoms with E-state index < -0.39 is 15.6 Å². The molecule has 3 fully saturated rings. The van der Waals surface area contributed by atoms with E-state index in [0.29, 0.717) is 42.3 Å². The summed E-state index contributed by atoms with van der Waals surface area (Å²) in [5, 5.41) is 1.08. The quantitative estimate of drug-likeness (QED) is 0.472. The van der Waals surface area contributed by atoms with Gasteiger partial charge in [0.05, 0.1) is 16.3 Å². The molecule has 1 amide bonds. The van der Waals surface area contributed by atoms with Crippen LogP contribution in [0, 0.1) is 0 Å². The maximum Gasteiger partial charge on any atom is 0.410 e. The van der Waals surface area contributed by atoms with Crippen LogP contribution in [0.5, 0.6) is 0 Å². The molecule has 3 saturated heterocycles. The van der Waals surface area contributed by atoms with Gasteiger partial charge in [-0.1, -0.05) is 29.3 Å². The van der Waals surface area contributed by atoms with Crippen LogP contribution in [0.3, 0.4) is 0 Å². The second kappa shape index (κ2) is 11.8. The number of likely N-dealkylation sites (tertiary alicyclic amines) is 2. The van der Waals surface area contributed by atoms with Crippen LogP contribution >= 0.6 is 23.2 Å². The Morgan fingerprint density at radius 3 is 2.37 bits per heavy atom.